The van der Waals surface area contributed by atoms with Crippen LogP contribution in [0.25, 0.3) is 0 Å². The highest BCUT2D eigenvalue weighted by molar-refractivity contribution is 4.67. The van der Waals surface area contributed by atoms with Gasteiger partial charge in [-0.05, 0) is 39.3 Å². The molecule has 0 heterocycles. The first-order chi connectivity index (χ1) is 7.26. The van der Waals surface area contributed by atoms with Crippen LogP contribution in [-0.4, -0.2) is 24.0 Å². The van der Waals surface area contributed by atoms with Gasteiger partial charge in [-0.3, -0.25) is 0 Å². The molecule has 15 heavy (non-hydrogen) atoms. The summed E-state index contributed by atoms with van der Waals surface area (Å²) in [6.07, 6.45) is 9.46. The van der Waals surface area contributed by atoms with Crippen molar-refractivity contribution in [2.45, 2.75) is 78.7 Å². The molecule has 0 spiro atoms. The Bertz CT molecular complexity index is 115. The highest BCUT2D eigenvalue weighted by Crippen LogP contribution is 2.10. The minimum Gasteiger partial charge on any atom is -0.301 e. The molecule has 0 fully saturated rings. The molecular formula is C14H31N. The normalized spacial score (nSPS) is 13.4. The molecule has 0 saturated heterocycles. The number of unbranched alkanes of at least 4 members (excludes halogenated alkanes) is 3. The van der Waals surface area contributed by atoms with Gasteiger partial charge in [-0.25, -0.2) is 0 Å². The van der Waals surface area contributed by atoms with E-state index in [9.17, 15) is 0 Å². The Hall–Kier alpha value is -0.0400. The van der Waals surface area contributed by atoms with E-state index >= 15 is 0 Å². The SMILES string of the molecule is CCCCC(C)N(CCCC)CCCC. The second-order valence-corrected chi connectivity index (χ2v) is 4.73. The first kappa shape index (κ1) is 15.0. The summed E-state index contributed by atoms with van der Waals surface area (Å²) < 4.78 is 0. The summed E-state index contributed by atoms with van der Waals surface area (Å²) >= 11 is 0. The fourth-order valence-corrected chi connectivity index (χ4v) is 1.96. The second-order valence-electron chi connectivity index (χ2n) is 4.73. The summed E-state index contributed by atoms with van der Waals surface area (Å²) in [6.45, 7) is 11.9. The Kier molecular flexibility index (Phi) is 10.4. The molecule has 0 aromatic heterocycles. The van der Waals surface area contributed by atoms with Crippen molar-refractivity contribution in [1.82, 2.24) is 4.90 Å². The van der Waals surface area contributed by atoms with Gasteiger partial charge in [0, 0.05) is 6.04 Å². The molecule has 0 N–H and O–H groups in total. The van der Waals surface area contributed by atoms with Crippen LogP contribution in [0.1, 0.15) is 72.6 Å². The second kappa shape index (κ2) is 10.5. The molecule has 92 valence electrons. The van der Waals surface area contributed by atoms with E-state index in [0.29, 0.717) is 0 Å². The van der Waals surface area contributed by atoms with Crippen molar-refractivity contribution in [3.63, 3.8) is 0 Å². The first-order valence-corrected chi connectivity index (χ1v) is 7.00. The molecule has 0 aromatic carbocycles. The van der Waals surface area contributed by atoms with E-state index in [-0.39, 0.29) is 0 Å². The van der Waals surface area contributed by atoms with E-state index in [1.54, 1.807) is 0 Å². The summed E-state index contributed by atoms with van der Waals surface area (Å²) in [5, 5.41) is 0. The van der Waals surface area contributed by atoms with Gasteiger partial charge in [0.1, 0.15) is 0 Å². The van der Waals surface area contributed by atoms with Crippen LogP contribution >= 0.6 is 0 Å². The van der Waals surface area contributed by atoms with Gasteiger partial charge in [0.2, 0.25) is 0 Å². The van der Waals surface area contributed by atoms with Crippen LogP contribution in [0.5, 0.6) is 0 Å². The van der Waals surface area contributed by atoms with Crippen LogP contribution in [-0.2, 0) is 0 Å². The lowest BCUT2D eigenvalue weighted by molar-refractivity contribution is 0.191. The predicted molar refractivity (Wildman–Crippen MR) is 70.4 cm³/mol. The standard InChI is InChI=1S/C14H31N/c1-5-8-11-14(4)15(12-9-6-2)13-10-7-3/h14H,5-13H2,1-4H3. The maximum absolute atomic E-state index is 2.70. The topological polar surface area (TPSA) is 3.24 Å². The van der Waals surface area contributed by atoms with Crippen molar-refractivity contribution in [1.29, 1.82) is 0 Å². The van der Waals surface area contributed by atoms with Gasteiger partial charge < -0.3 is 4.90 Å². The fraction of sp³-hybridized carbons (Fsp3) is 1.00. The Morgan fingerprint density at radius 3 is 1.67 bits per heavy atom. The van der Waals surface area contributed by atoms with Gasteiger partial charge in [0.05, 0.1) is 0 Å². The lowest BCUT2D eigenvalue weighted by Crippen LogP contribution is -2.34. The molecule has 0 radical (unpaired) electrons. The molecule has 0 aliphatic heterocycles. The maximum Gasteiger partial charge on any atom is 0.00669 e. The van der Waals surface area contributed by atoms with E-state index < -0.39 is 0 Å². The Morgan fingerprint density at radius 1 is 0.800 bits per heavy atom. The van der Waals surface area contributed by atoms with E-state index in [1.807, 2.05) is 0 Å². The lowest BCUT2D eigenvalue weighted by atomic mass is 10.1. The molecule has 0 aliphatic carbocycles. The average molecular weight is 213 g/mol. The highest BCUT2D eigenvalue weighted by Gasteiger charge is 2.11. The molecule has 0 aromatic rings. The van der Waals surface area contributed by atoms with Crippen LogP contribution < -0.4 is 0 Å². The van der Waals surface area contributed by atoms with Crippen LogP contribution in [0.3, 0.4) is 0 Å². The van der Waals surface area contributed by atoms with Crippen molar-refractivity contribution in [3.05, 3.63) is 0 Å². The minimum atomic E-state index is 0.794. The van der Waals surface area contributed by atoms with Crippen molar-refractivity contribution in [2.24, 2.45) is 0 Å². The van der Waals surface area contributed by atoms with Gasteiger partial charge in [-0.15, -0.1) is 0 Å². The van der Waals surface area contributed by atoms with Crippen LogP contribution in [0.4, 0.5) is 0 Å². The van der Waals surface area contributed by atoms with E-state index in [0.717, 1.165) is 6.04 Å². The largest absolute Gasteiger partial charge is 0.301 e. The molecule has 0 rings (SSSR count). The Morgan fingerprint density at radius 2 is 1.27 bits per heavy atom. The molecule has 0 aliphatic rings. The van der Waals surface area contributed by atoms with Gasteiger partial charge in [0.15, 0.2) is 0 Å². The van der Waals surface area contributed by atoms with E-state index in [1.165, 1.54) is 58.0 Å². The first-order valence-electron chi connectivity index (χ1n) is 7.00. The zero-order chi connectivity index (χ0) is 11.5. The molecular weight excluding hydrogens is 182 g/mol. The minimum absolute atomic E-state index is 0.794. The number of hydrogen-bond acceptors (Lipinski definition) is 1. The van der Waals surface area contributed by atoms with Crippen LogP contribution in [0.2, 0.25) is 0 Å². The molecule has 0 saturated carbocycles. The van der Waals surface area contributed by atoms with Gasteiger partial charge >= 0.3 is 0 Å². The molecule has 0 amide bonds. The van der Waals surface area contributed by atoms with Gasteiger partial charge in [-0.2, -0.15) is 0 Å². The van der Waals surface area contributed by atoms with Crippen LogP contribution in [0.15, 0.2) is 0 Å². The summed E-state index contributed by atoms with van der Waals surface area (Å²) in [5.41, 5.74) is 0. The van der Waals surface area contributed by atoms with E-state index in [2.05, 4.69) is 32.6 Å². The summed E-state index contributed by atoms with van der Waals surface area (Å²) in [4.78, 5) is 2.70. The zero-order valence-corrected chi connectivity index (χ0v) is 11.4. The highest BCUT2D eigenvalue weighted by atomic mass is 15.1. The maximum atomic E-state index is 2.70. The summed E-state index contributed by atoms with van der Waals surface area (Å²) in [7, 11) is 0. The van der Waals surface area contributed by atoms with Crippen molar-refractivity contribution in [3.8, 4) is 0 Å². The molecule has 0 bridgehead atoms. The van der Waals surface area contributed by atoms with Crippen molar-refractivity contribution < 1.29 is 0 Å². The van der Waals surface area contributed by atoms with Crippen LogP contribution in [0, 0.1) is 0 Å². The number of hydrogen-bond donors (Lipinski definition) is 0. The predicted octanol–water partition coefficient (Wildman–Crippen LogP) is 4.47. The fourth-order valence-electron chi connectivity index (χ4n) is 1.96. The van der Waals surface area contributed by atoms with Crippen molar-refractivity contribution >= 4 is 0 Å². The van der Waals surface area contributed by atoms with Crippen molar-refractivity contribution in [2.75, 3.05) is 13.1 Å². The number of nitrogens with zero attached hydrogens (tertiary/aromatic N) is 1. The smallest absolute Gasteiger partial charge is 0.00669 e. The third kappa shape index (κ3) is 7.84. The quantitative estimate of drug-likeness (QED) is 0.517. The third-order valence-electron chi connectivity index (χ3n) is 3.20. The molecule has 1 unspecified atom stereocenters. The summed E-state index contributed by atoms with van der Waals surface area (Å²) in [5.74, 6) is 0. The monoisotopic (exact) mass is 213 g/mol. The molecule has 1 atom stereocenters. The Balaban J connectivity index is 3.84. The molecule has 1 nitrogen and oxygen atoms in total. The average Bonchev–Trinajstić information content (AvgIpc) is 2.26. The Labute approximate surface area is 97.2 Å². The van der Waals surface area contributed by atoms with E-state index in [4.69, 9.17) is 0 Å². The van der Waals surface area contributed by atoms with Gasteiger partial charge in [-0.1, -0.05) is 46.5 Å². The number of rotatable bonds is 10. The lowest BCUT2D eigenvalue weighted by Gasteiger charge is -2.29. The summed E-state index contributed by atoms with van der Waals surface area (Å²) in [6, 6.07) is 0.794. The molecule has 1 heteroatoms. The third-order valence-corrected chi connectivity index (χ3v) is 3.20. The zero-order valence-electron chi connectivity index (χ0n) is 11.4. The van der Waals surface area contributed by atoms with Gasteiger partial charge in [0.25, 0.3) is 0 Å².